The van der Waals surface area contributed by atoms with Crippen LogP contribution in [0, 0.1) is 5.82 Å². The maximum Gasteiger partial charge on any atom is 0.414 e. The van der Waals surface area contributed by atoms with Crippen LogP contribution in [-0.4, -0.2) is 28.7 Å². The zero-order chi connectivity index (χ0) is 13.5. The van der Waals surface area contributed by atoms with Gasteiger partial charge in [0.25, 0.3) is 0 Å². The molecule has 1 aliphatic heterocycles. The molecule has 0 aliphatic carbocycles. The van der Waals surface area contributed by atoms with Crippen LogP contribution in [0.1, 0.15) is 24.4 Å². The maximum atomic E-state index is 12.6. The van der Waals surface area contributed by atoms with Crippen molar-refractivity contribution in [1.29, 1.82) is 0 Å². The van der Waals surface area contributed by atoms with E-state index in [1.807, 2.05) is 12.1 Å². The summed E-state index contributed by atoms with van der Waals surface area (Å²) in [7, 11) is 0. The fourth-order valence-corrected chi connectivity index (χ4v) is 1.66. The third kappa shape index (κ3) is 4.50. The van der Waals surface area contributed by atoms with E-state index in [4.69, 9.17) is 19.8 Å². The Morgan fingerprint density at radius 3 is 2.11 bits per heavy atom. The number of hydrogen-bond donors (Lipinski definition) is 3. The number of benzene rings is 1. The molecule has 0 spiro atoms. The second kappa shape index (κ2) is 6.70. The number of carboxylic acids is 2. The van der Waals surface area contributed by atoms with Gasteiger partial charge in [0, 0.05) is 6.04 Å². The molecule has 1 aromatic carbocycles. The minimum Gasteiger partial charge on any atom is -0.473 e. The van der Waals surface area contributed by atoms with Crippen molar-refractivity contribution in [1.82, 2.24) is 5.32 Å². The first-order chi connectivity index (χ1) is 8.50. The van der Waals surface area contributed by atoms with Gasteiger partial charge in [-0.25, -0.2) is 14.0 Å². The predicted molar refractivity (Wildman–Crippen MR) is 61.6 cm³/mol. The average molecular weight is 255 g/mol. The molecule has 1 heterocycles. The minimum atomic E-state index is -1.82. The molecule has 0 amide bonds. The Kier molecular flexibility index (Phi) is 5.26. The number of aliphatic carboxylic acids is 2. The van der Waals surface area contributed by atoms with Gasteiger partial charge in [0.1, 0.15) is 5.82 Å². The van der Waals surface area contributed by atoms with E-state index in [1.165, 1.54) is 30.5 Å². The molecule has 1 atom stereocenters. The van der Waals surface area contributed by atoms with Gasteiger partial charge in [-0.3, -0.25) is 0 Å². The Balaban J connectivity index is 0.000000232. The average Bonchev–Trinajstić information content (AvgIpc) is 2.84. The quantitative estimate of drug-likeness (QED) is 0.660. The van der Waals surface area contributed by atoms with Crippen LogP contribution in [0.2, 0.25) is 0 Å². The van der Waals surface area contributed by atoms with E-state index in [-0.39, 0.29) is 5.82 Å². The fraction of sp³-hybridized carbons (Fsp3) is 0.333. The Labute approximate surface area is 103 Å². The molecule has 2 rings (SSSR count). The first-order valence-corrected chi connectivity index (χ1v) is 5.45. The summed E-state index contributed by atoms with van der Waals surface area (Å²) in [5, 5.41) is 18.2. The zero-order valence-corrected chi connectivity index (χ0v) is 9.60. The normalized spacial score (nSPS) is 17.7. The molecule has 98 valence electrons. The van der Waals surface area contributed by atoms with Crippen LogP contribution < -0.4 is 5.32 Å². The number of halogens is 1. The smallest absolute Gasteiger partial charge is 0.414 e. The second-order valence-electron chi connectivity index (χ2n) is 3.81. The lowest BCUT2D eigenvalue weighted by Crippen LogP contribution is -2.12. The second-order valence-corrected chi connectivity index (χ2v) is 3.81. The lowest BCUT2D eigenvalue weighted by atomic mass is 10.1. The summed E-state index contributed by atoms with van der Waals surface area (Å²) in [6, 6.07) is 7.21. The van der Waals surface area contributed by atoms with Crippen molar-refractivity contribution in [3.8, 4) is 0 Å². The van der Waals surface area contributed by atoms with Gasteiger partial charge in [0.15, 0.2) is 0 Å². The molecule has 1 aliphatic rings. The Morgan fingerprint density at radius 1 is 1.17 bits per heavy atom. The summed E-state index contributed by atoms with van der Waals surface area (Å²) >= 11 is 0. The fourth-order valence-electron chi connectivity index (χ4n) is 1.66. The predicted octanol–water partition coefficient (Wildman–Crippen LogP) is 1.41. The molecule has 6 heteroatoms. The monoisotopic (exact) mass is 255 g/mol. The number of rotatable bonds is 1. The van der Waals surface area contributed by atoms with Crippen molar-refractivity contribution in [3.05, 3.63) is 35.6 Å². The largest absolute Gasteiger partial charge is 0.473 e. The molecule has 1 aromatic rings. The van der Waals surface area contributed by atoms with E-state index in [0.717, 1.165) is 6.54 Å². The van der Waals surface area contributed by atoms with Crippen molar-refractivity contribution in [2.75, 3.05) is 6.54 Å². The number of hydrogen-bond acceptors (Lipinski definition) is 3. The molecule has 5 nitrogen and oxygen atoms in total. The van der Waals surface area contributed by atoms with Gasteiger partial charge < -0.3 is 15.5 Å². The van der Waals surface area contributed by atoms with Crippen LogP contribution in [0.3, 0.4) is 0 Å². The molecule has 0 bridgehead atoms. The third-order valence-corrected chi connectivity index (χ3v) is 2.52. The molecule has 3 N–H and O–H groups in total. The Hall–Kier alpha value is -1.95. The lowest BCUT2D eigenvalue weighted by molar-refractivity contribution is -0.159. The number of carbonyl (C=O) groups is 2. The van der Waals surface area contributed by atoms with Crippen molar-refractivity contribution >= 4 is 11.9 Å². The summed E-state index contributed by atoms with van der Waals surface area (Å²) in [6.45, 7) is 1.09. The molecule has 1 fully saturated rings. The van der Waals surface area contributed by atoms with E-state index in [9.17, 15) is 4.39 Å². The molecular weight excluding hydrogens is 241 g/mol. The zero-order valence-electron chi connectivity index (χ0n) is 9.60. The third-order valence-electron chi connectivity index (χ3n) is 2.52. The Morgan fingerprint density at radius 2 is 1.72 bits per heavy atom. The minimum absolute atomic E-state index is 0.156. The molecule has 0 saturated carbocycles. The molecule has 0 radical (unpaired) electrons. The van der Waals surface area contributed by atoms with Gasteiger partial charge in [-0.05, 0) is 37.1 Å². The highest BCUT2D eigenvalue weighted by Gasteiger charge is 2.15. The lowest BCUT2D eigenvalue weighted by Gasteiger charge is -2.09. The molecular formula is C12H14FNO4. The van der Waals surface area contributed by atoms with Crippen molar-refractivity contribution in [3.63, 3.8) is 0 Å². The SMILES string of the molecule is Fc1ccc(C2CCCN2)cc1.O=C(O)C(=O)O. The molecule has 1 saturated heterocycles. The highest BCUT2D eigenvalue weighted by molar-refractivity contribution is 6.27. The highest BCUT2D eigenvalue weighted by Crippen LogP contribution is 2.22. The van der Waals surface area contributed by atoms with E-state index in [2.05, 4.69) is 5.32 Å². The van der Waals surface area contributed by atoms with Crippen molar-refractivity contribution < 1.29 is 24.2 Å². The van der Waals surface area contributed by atoms with Gasteiger partial charge in [-0.15, -0.1) is 0 Å². The van der Waals surface area contributed by atoms with Crippen LogP contribution >= 0.6 is 0 Å². The van der Waals surface area contributed by atoms with Gasteiger partial charge in [0.2, 0.25) is 0 Å². The highest BCUT2D eigenvalue weighted by atomic mass is 19.1. The van der Waals surface area contributed by atoms with Crippen LogP contribution in [0.15, 0.2) is 24.3 Å². The van der Waals surface area contributed by atoms with Crippen LogP contribution in [0.5, 0.6) is 0 Å². The Bertz CT molecular complexity index is 401. The first kappa shape index (κ1) is 14.1. The summed E-state index contributed by atoms with van der Waals surface area (Å²) < 4.78 is 12.6. The van der Waals surface area contributed by atoms with E-state index >= 15 is 0 Å². The molecule has 18 heavy (non-hydrogen) atoms. The van der Waals surface area contributed by atoms with Crippen LogP contribution in [-0.2, 0) is 9.59 Å². The van der Waals surface area contributed by atoms with Gasteiger partial charge in [-0.2, -0.15) is 0 Å². The number of nitrogens with one attached hydrogen (secondary N) is 1. The summed E-state index contributed by atoms with van der Waals surface area (Å²) in [5.74, 6) is -3.80. The van der Waals surface area contributed by atoms with Gasteiger partial charge >= 0.3 is 11.9 Å². The molecule has 1 unspecified atom stereocenters. The van der Waals surface area contributed by atoms with E-state index in [1.54, 1.807) is 0 Å². The summed E-state index contributed by atoms with van der Waals surface area (Å²) in [6.07, 6.45) is 2.40. The van der Waals surface area contributed by atoms with Crippen molar-refractivity contribution in [2.45, 2.75) is 18.9 Å². The van der Waals surface area contributed by atoms with Gasteiger partial charge in [0.05, 0.1) is 0 Å². The summed E-state index contributed by atoms with van der Waals surface area (Å²) in [5.41, 5.74) is 1.20. The van der Waals surface area contributed by atoms with Crippen LogP contribution in [0.4, 0.5) is 4.39 Å². The van der Waals surface area contributed by atoms with Crippen molar-refractivity contribution in [2.24, 2.45) is 0 Å². The first-order valence-electron chi connectivity index (χ1n) is 5.45. The van der Waals surface area contributed by atoms with E-state index in [0.29, 0.717) is 6.04 Å². The number of carboxylic acid groups (broad SMARTS) is 2. The van der Waals surface area contributed by atoms with Gasteiger partial charge in [-0.1, -0.05) is 12.1 Å². The topological polar surface area (TPSA) is 86.6 Å². The standard InChI is InChI=1S/C10H12FN.C2H2O4/c11-9-5-3-8(4-6-9)10-2-1-7-12-10;3-1(4)2(5)6/h3-6,10,12H,1-2,7H2;(H,3,4)(H,5,6). The van der Waals surface area contributed by atoms with Crippen LogP contribution in [0.25, 0.3) is 0 Å². The molecule has 0 aromatic heterocycles. The summed E-state index contributed by atoms with van der Waals surface area (Å²) in [4.78, 5) is 18.2. The maximum absolute atomic E-state index is 12.6. The van der Waals surface area contributed by atoms with E-state index < -0.39 is 11.9 Å².